The topological polar surface area (TPSA) is 48.1 Å². The molecule has 0 unspecified atom stereocenters. The van der Waals surface area contributed by atoms with E-state index < -0.39 is 0 Å². The van der Waals surface area contributed by atoms with Crippen molar-refractivity contribution in [2.24, 2.45) is 0 Å². The van der Waals surface area contributed by atoms with Crippen molar-refractivity contribution in [1.82, 2.24) is 24.5 Å². The molecule has 1 aliphatic rings. The molecule has 6 nitrogen and oxygen atoms in total. The first-order valence-electron chi connectivity index (χ1n) is 13.0. The number of hydrogen-bond donors (Lipinski definition) is 0. The standard InChI is InChI=1S/C31H29N5O/c1-2-10-23(11-3-1)30(34-18-20-37-21-19-34)22-31(36-32-26-14-6-7-15-27(26)33-36)35-28-16-8-4-12-24(28)25-13-5-9-17-29(25)35/h1-17,30-31H,18-22H2/t30-,31+/m0/s1. The number of fused-ring (bicyclic) bond motifs is 4. The summed E-state index contributed by atoms with van der Waals surface area (Å²) >= 11 is 0. The Hall–Kier alpha value is -4.00. The van der Waals surface area contributed by atoms with Gasteiger partial charge in [-0.2, -0.15) is 15.0 Å². The van der Waals surface area contributed by atoms with Gasteiger partial charge in [-0.05, 0) is 29.8 Å². The molecule has 1 aliphatic heterocycles. The highest BCUT2D eigenvalue weighted by Gasteiger charge is 2.30. The van der Waals surface area contributed by atoms with Gasteiger partial charge in [0.2, 0.25) is 0 Å². The number of benzene rings is 4. The summed E-state index contributed by atoms with van der Waals surface area (Å²) in [7, 11) is 0. The van der Waals surface area contributed by atoms with Crippen LogP contribution >= 0.6 is 0 Å². The van der Waals surface area contributed by atoms with Crippen molar-refractivity contribution < 1.29 is 4.74 Å². The fraction of sp³-hybridized carbons (Fsp3) is 0.226. The lowest BCUT2D eigenvalue weighted by Crippen LogP contribution is -2.40. The lowest BCUT2D eigenvalue weighted by atomic mass is 9.99. The normalized spacial score (nSPS) is 16.4. The summed E-state index contributed by atoms with van der Waals surface area (Å²) in [5, 5.41) is 12.5. The van der Waals surface area contributed by atoms with Crippen LogP contribution in [0.1, 0.15) is 24.2 Å². The lowest BCUT2D eigenvalue weighted by molar-refractivity contribution is 0.00946. The van der Waals surface area contributed by atoms with Crippen molar-refractivity contribution in [1.29, 1.82) is 0 Å². The molecule has 0 aliphatic carbocycles. The van der Waals surface area contributed by atoms with Crippen molar-refractivity contribution in [2.75, 3.05) is 26.3 Å². The van der Waals surface area contributed by atoms with E-state index in [0.29, 0.717) is 0 Å². The van der Waals surface area contributed by atoms with Crippen LogP contribution in [0, 0.1) is 0 Å². The molecule has 4 aromatic carbocycles. The molecule has 1 saturated heterocycles. The average molecular weight is 488 g/mol. The minimum absolute atomic E-state index is 0.120. The monoisotopic (exact) mass is 487 g/mol. The molecule has 2 atom stereocenters. The zero-order chi connectivity index (χ0) is 24.6. The second-order valence-electron chi connectivity index (χ2n) is 9.70. The Morgan fingerprint density at radius 2 is 1.19 bits per heavy atom. The quantitative estimate of drug-likeness (QED) is 0.287. The van der Waals surface area contributed by atoms with Crippen LogP contribution in [0.2, 0.25) is 0 Å². The molecule has 37 heavy (non-hydrogen) atoms. The number of para-hydroxylation sites is 2. The predicted molar refractivity (Wildman–Crippen MR) is 148 cm³/mol. The number of nitrogens with zero attached hydrogens (tertiary/aromatic N) is 5. The molecular formula is C31H29N5O. The van der Waals surface area contributed by atoms with Crippen LogP contribution in [0.5, 0.6) is 0 Å². The third-order valence-corrected chi connectivity index (χ3v) is 7.59. The highest BCUT2D eigenvalue weighted by molar-refractivity contribution is 6.08. The highest BCUT2D eigenvalue weighted by atomic mass is 16.5. The third-order valence-electron chi connectivity index (χ3n) is 7.59. The van der Waals surface area contributed by atoms with Gasteiger partial charge in [-0.15, -0.1) is 0 Å². The molecule has 3 heterocycles. The maximum atomic E-state index is 5.73. The molecule has 0 saturated carbocycles. The number of hydrogen-bond acceptors (Lipinski definition) is 4. The second kappa shape index (κ2) is 9.47. The van der Waals surface area contributed by atoms with E-state index >= 15 is 0 Å². The van der Waals surface area contributed by atoms with E-state index in [-0.39, 0.29) is 12.2 Å². The fourth-order valence-electron chi connectivity index (χ4n) is 5.85. The van der Waals surface area contributed by atoms with E-state index in [0.717, 1.165) is 43.8 Å². The minimum Gasteiger partial charge on any atom is -0.379 e. The summed E-state index contributed by atoms with van der Waals surface area (Å²) in [5.41, 5.74) is 5.53. The number of aromatic nitrogens is 4. The Bertz CT molecular complexity index is 1580. The molecule has 7 rings (SSSR count). The van der Waals surface area contributed by atoms with Gasteiger partial charge in [0.25, 0.3) is 0 Å². The first-order chi connectivity index (χ1) is 18.4. The summed E-state index contributed by atoms with van der Waals surface area (Å²) in [6.45, 7) is 3.34. The summed E-state index contributed by atoms with van der Waals surface area (Å²) in [5.74, 6) is 0. The molecule has 6 heteroatoms. The lowest BCUT2D eigenvalue weighted by Gasteiger charge is -2.37. The van der Waals surface area contributed by atoms with Gasteiger partial charge >= 0.3 is 0 Å². The van der Waals surface area contributed by atoms with Gasteiger partial charge in [-0.25, -0.2) is 0 Å². The maximum Gasteiger partial charge on any atom is 0.149 e. The fourth-order valence-corrected chi connectivity index (χ4v) is 5.85. The van der Waals surface area contributed by atoms with Crippen LogP contribution in [0.3, 0.4) is 0 Å². The zero-order valence-corrected chi connectivity index (χ0v) is 20.6. The first-order valence-corrected chi connectivity index (χ1v) is 13.0. The van der Waals surface area contributed by atoms with Gasteiger partial charge < -0.3 is 9.30 Å². The van der Waals surface area contributed by atoms with Crippen molar-refractivity contribution in [3.63, 3.8) is 0 Å². The highest BCUT2D eigenvalue weighted by Crippen LogP contribution is 2.37. The van der Waals surface area contributed by atoms with Crippen molar-refractivity contribution in [3.8, 4) is 0 Å². The third kappa shape index (κ3) is 3.99. The van der Waals surface area contributed by atoms with Gasteiger partial charge in [0.05, 0.1) is 24.2 Å². The first kappa shape index (κ1) is 22.2. The Morgan fingerprint density at radius 1 is 0.649 bits per heavy atom. The molecule has 0 spiro atoms. The van der Waals surface area contributed by atoms with E-state index in [4.69, 9.17) is 14.9 Å². The molecule has 0 N–H and O–H groups in total. The number of morpholine rings is 1. The van der Waals surface area contributed by atoms with Gasteiger partial charge in [0, 0.05) is 36.3 Å². The van der Waals surface area contributed by atoms with Gasteiger partial charge in [-0.1, -0.05) is 78.9 Å². The van der Waals surface area contributed by atoms with Crippen molar-refractivity contribution >= 4 is 32.8 Å². The van der Waals surface area contributed by atoms with E-state index in [1.807, 2.05) is 29.1 Å². The van der Waals surface area contributed by atoms with Crippen LogP contribution in [0.25, 0.3) is 32.8 Å². The van der Waals surface area contributed by atoms with E-state index in [1.165, 1.54) is 27.4 Å². The van der Waals surface area contributed by atoms with E-state index in [9.17, 15) is 0 Å². The summed E-state index contributed by atoms with van der Waals surface area (Å²) < 4.78 is 8.17. The molecule has 6 aromatic rings. The van der Waals surface area contributed by atoms with Crippen molar-refractivity contribution in [2.45, 2.75) is 18.6 Å². The van der Waals surface area contributed by atoms with Gasteiger partial charge in [0.1, 0.15) is 17.2 Å². The van der Waals surface area contributed by atoms with Crippen LogP contribution in [-0.2, 0) is 4.74 Å². The van der Waals surface area contributed by atoms with Crippen LogP contribution in [0.4, 0.5) is 0 Å². The predicted octanol–water partition coefficient (Wildman–Crippen LogP) is 6.05. The molecule has 0 radical (unpaired) electrons. The van der Waals surface area contributed by atoms with Crippen molar-refractivity contribution in [3.05, 3.63) is 109 Å². The SMILES string of the molecule is c1ccc([C@H](C[C@@H](n2nc3ccccc3n2)n2c3ccccc3c3ccccc32)N2CCOCC2)cc1. The Kier molecular flexibility index (Phi) is 5.68. The minimum atomic E-state index is -0.120. The molecule has 1 fully saturated rings. The van der Waals surface area contributed by atoms with Crippen LogP contribution in [0.15, 0.2) is 103 Å². The summed E-state index contributed by atoms with van der Waals surface area (Å²) in [6, 6.07) is 36.5. The molecular weight excluding hydrogens is 458 g/mol. The zero-order valence-electron chi connectivity index (χ0n) is 20.6. The molecule has 0 amide bonds. The molecule has 2 aromatic heterocycles. The summed E-state index contributed by atoms with van der Waals surface area (Å²) in [6.07, 6.45) is 0.707. The van der Waals surface area contributed by atoms with E-state index in [1.54, 1.807) is 0 Å². The average Bonchev–Trinajstić information content (AvgIpc) is 3.54. The molecule has 0 bridgehead atoms. The number of rotatable bonds is 6. The van der Waals surface area contributed by atoms with Gasteiger partial charge in [0.15, 0.2) is 0 Å². The van der Waals surface area contributed by atoms with E-state index in [2.05, 4.69) is 88.3 Å². The van der Waals surface area contributed by atoms with Crippen LogP contribution in [-0.4, -0.2) is 50.8 Å². The maximum absolute atomic E-state index is 5.73. The number of ether oxygens (including phenoxy) is 1. The molecule has 184 valence electrons. The summed E-state index contributed by atoms with van der Waals surface area (Å²) in [4.78, 5) is 4.50. The second-order valence-corrected chi connectivity index (χ2v) is 9.70. The Labute approximate surface area is 215 Å². The van der Waals surface area contributed by atoms with Crippen LogP contribution < -0.4 is 0 Å². The Morgan fingerprint density at radius 3 is 1.81 bits per heavy atom. The Balaban J connectivity index is 1.45. The largest absolute Gasteiger partial charge is 0.379 e. The van der Waals surface area contributed by atoms with Gasteiger partial charge in [-0.3, -0.25) is 4.90 Å². The smallest absolute Gasteiger partial charge is 0.149 e.